The average Bonchev–Trinajstić information content (AvgIpc) is 2.93. The third-order valence-electron chi connectivity index (χ3n) is 5.62. The Morgan fingerprint density at radius 3 is 1.26 bits per heavy atom. The number of rotatable bonds is 9. The van der Waals surface area contributed by atoms with Crippen LogP contribution in [0.15, 0.2) is 72.8 Å². The molecule has 10 nitrogen and oxygen atoms in total. The Bertz CT molecular complexity index is 1530. The number of carbonyl (C=O) groups is 2. The second-order valence-electron chi connectivity index (χ2n) is 10.5. The molecular formula is C32H44Cl3N3O7S2. The Morgan fingerprint density at radius 2 is 0.979 bits per heavy atom. The highest BCUT2D eigenvalue weighted by Gasteiger charge is 2.14. The molecule has 0 aliphatic carbocycles. The van der Waals surface area contributed by atoms with E-state index in [-0.39, 0.29) is 24.7 Å². The SMILES string of the molecule is CC(N)c1ccc(Cl)cc1.CCOC(=O)CS(C)(=O)=O.C[C@@H](NC(=O)CS(C)(=O)=O)c1ccc(Cl)cc1.C[C@H](N)c1ccc(Cl)cc1. The van der Waals surface area contributed by atoms with Gasteiger partial charge >= 0.3 is 5.97 Å². The van der Waals surface area contributed by atoms with Gasteiger partial charge < -0.3 is 21.5 Å². The van der Waals surface area contributed by atoms with Crippen LogP contribution in [0.4, 0.5) is 0 Å². The number of halogens is 3. The average molecular weight is 753 g/mol. The molecule has 1 unspecified atom stereocenters. The Labute approximate surface area is 293 Å². The third kappa shape index (κ3) is 23.3. The summed E-state index contributed by atoms with van der Waals surface area (Å²) in [7, 11) is -6.51. The van der Waals surface area contributed by atoms with Crippen LogP contribution in [-0.4, -0.2) is 59.3 Å². The van der Waals surface area contributed by atoms with Gasteiger partial charge in [0.05, 0.1) is 12.6 Å². The molecule has 0 saturated heterocycles. The molecule has 0 heterocycles. The molecule has 3 atom stereocenters. The van der Waals surface area contributed by atoms with Gasteiger partial charge in [0.2, 0.25) is 5.91 Å². The van der Waals surface area contributed by atoms with Crippen molar-refractivity contribution >= 4 is 66.4 Å². The summed E-state index contributed by atoms with van der Waals surface area (Å²) in [6.07, 6.45) is 2.02. The predicted octanol–water partition coefficient (Wildman–Crippen LogP) is 5.88. The Morgan fingerprint density at radius 1 is 0.660 bits per heavy atom. The molecular weight excluding hydrogens is 709 g/mol. The molecule has 5 N–H and O–H groups in total. The van der Waals surface area contributed by atoms with Crippen molar-refractivity contribution in [3.05, 3.63) is 105 Å². The van der Waals surface area contributed by atoms with Gasteiger partial charge in [0.15, 0.2) is 19.7 Å². The largest absolute Gasteiger partial charge is 0.465 e. The molecule has 0 saturated carbocycles. The summed E-state index contributed by atoms with van der Waals surface area (Å²) in [5.41, 5.74) is 14.3. The first kappa shape index (κ1) is 44.3. The van der Waals surface area contributed by atoms with Crippen molar-refractivity contribution in [1.29, 1.82) is 0 Å². The van der Waals surface area contributed by atoms with Crippen molar-refractivity contribution in [2.75, 3.05) is 30.6 Å². The number of esters is 1. The van der Waals surface area contributed by atoms with E-state index < -0.39 is 43.1 Å². The fraction of sp³-hybridized carbons (Fsp3) is 0.375. The first-order chi connectivity index (χ1) is 21.6. The molecule has 262 valence electrons. The van der Waals surface area contributed by atoms with E-state index in [1.54, 1.807) is 38.1 Å². The molecule has 0 fully saturated rings. The van der Waals surface area contributed by atoms with Crippen LogP contribution in [-0.2, 0) is 34.0 Å². The minimum Gasteiger partial charge on any atom is -0.465 e. The van der Waals surface area contributed by atoms with Crippen LogP contribution in [0.2, 0.25) is 15.1 Å². The summed E-state index contributed by atoms with van der Waals surface area (Å²) in [5.74, 6) is -2.22. The van der Waals surface area contributed by atoms with Crippen LogP contribution >= 0.6 is 34.8 Å². The second-order valence-corrected chi connectivity index (χ2v) is 16.1. The Kier molecular flexibility index (Phi) is 20.8. The summed E-state index contributed by atoms with van der Waals surface area (Å²) < 4.78 is 47.1. The van der Waals surface area contributed by atoms with Gasteiger partial charge in [0.25, 0.3) is 0 Å². The van der Waals surface area contributed by atoms with Gasteiger partial charge in [-0.25, -0.2) is 16.8 Å². The van der Waals surface area contributed by atoms with Crippen molar-refractivity contribution in [2.24, 2.45) is 11.5 Å². The Balaban J connectivity index is 0.000000621. The molecule has 47 heavy (non-hydrogen) atoms. The summed E-state index contributed by atoms with van der Waals surface area (Å²) >= 11 is 17.1. The zero-order valence-corrected chi connectivity index (χ0v) is 31.1. The topological polar surface area (TPSA) is 176 Å². The summed E-state index contributed by atoms with van der Waals surface area (Å²) in [4.78, 5) is 21.9. The van der Waals surface area contributed by atoms with Gasteiger partial charge in [-0.3, -0.25) is 9.59 Å². The molecule has 0 aromatic heterocycles. The minimum absolute atomic E-state index is 0.0947. The molecule has 0 bridgehead atoms. The van der Waals surface area contributed by atoms with Gasteiger partial charge in [0, 0.05) is 39.7 Å². The third-order valence-corrected chi connectivity index (χ3v) is 7.92. The second kappa shape index (κ2) is 22.0. The summed E-state index contributed by atoms with van der Waals surface area (Å²) in [6, 6.07) is 22.1. The first-order valence-electron chi connectivity index (χ1n) is 14.2. The monoisotopic (exact) mass is 751 g/mol. The van der Waals surface area contributed by atoms with Crippen molar-refractivity contribution in [2.45, 2.75) is 45.8 Å². The maximum atomic E-state index is 11.4. The molecule has 0 spiro atoms. The predicted molar refractivity (Wildman–Crippen MR) is 192 cm³/mol. The molecule has 0 aliphatic rings. The molecule has 3 aromatic carbocycles. The van der Waals surface area contributed by atoms with E-state index in [1.165, 1.54) is 0 Å². The number of nitrogens with two attached hydrogens (primary N) is 2. The zero-order valence-electron chi connectivity index (χ0n) is 27.2. The number of benzene rings is 3. The van der Waals surface area contributed by atoms with Gasteiger partial charge in [-0.2, -0.15) is 0 Å². The van der Waals surface area contributed by atoms with Crippen LogP contribution < -0.4 is 16.8 Å². The lowest BCUT2D eigenvalue weighted by atomic mass is 10.1. The molecule has 15 heteroatoms. The molecule has 0 radical (unpaired) electrons. The minimum atomic E-state index is -3.29. The number of amides is 1. The van der Waals surface area contributed by atoms with Crippen LogP contribution in [0.25, 0.3) is 0 Å². The fourth-order valence-corrected chi connectivity index (χ4v) is 4.75. The van der Waals surface area contributed by atoms with E-state index in [0.717, 1.165) is 39.2 Å². The van der Waals surface area contributed by atoms with Gasteiger partial charge in [-0.1, -0.05) is 71.2 Å². The molecule has 1 amide bonds. The van der Waals surface area contributed by atoms with Crippen LogP contribution in [0.3, 0.4) is 0 Å². The van der Waals surface area contributed by atoms with Crippen molar-refractivity contribution in [1.82, 2.24) is 5.32 Å². The summed E-state index contributed by atoms with van der Waals surface area (Å²) in [5, 5.41) is 4.73. The van der Waals surface area contributed by atoms with E-state index in [2.05, 4.69) is 10.1 Å². The highest BCUT2D eigenvalue weighted by molar-refractivity contribution is 7.91. The standard InChI is InChI=1S/C11H14ClNO3S.2C8H10ClN.C5H10O4S/c1-8(9-3-5-10(12)6-4-9)13-11(14)7-17(2,15)16;2*1-6(10)7-2-4-8(9)5-3-7;1-3-9-5(6)4-10(2,7)8/h3-6,8H,7H2,1-2H3,(H,13,14);2*2-6H,10H2,1H3;3-4H2,1-2H3/t8-;6-;;/m10../s1. The summed E-state index contributed by atoms with van der Waals surface area (Å²) in [6.45, 7) is 7.52. The highest BCUT2D eigenvalue weighted by Crippen LogP contribution is 2.16. The van der Waals surface area contributed by atoms with Crippen molar-refractivity contribution in [3.8, 4) is 0 Å². The molecule has 0 aliphatic heterocycles. The zero-order chi connectivity index (χ0) is 36.4. The fourth-order valence-electron chi connectivity index (χ4n) is 3.31. The lowest BCUT2D eigenvalue weighted by Gasteiger charge is -2.13. The lowest BCUT2D eigenvalue weighted by molar-refractivity contribution is -0.140. The van der Waals surface area contributed by atoms with E-state index in [9.17, 15) is 26.4 Å². The smallest absolute Gasteiger partial charge is 0.321 e. The van der Waals surface area contributed by atoms with Crippen LogP contribution in [0, 0.1) is 0 Å². The number of hydrogen-bond acceptors (Lipinski definition) is 9. The van der Waals surface area contributed by atoms with Gasteiger partial charge in [0.1, 0.15) is 11.5 Å². The number of carbonyl (C=O) groups excluding carboxylic acids is 2. The van der Waals surface area contributed by atoms with E-state index in [1.807, 2.05) is 62.4 Å². The lowest BCUT2D eigenvalue weighted by Crippen LogP contribution is -2.31. The number of hydrogen-bond donors (Lipinski definition) is 3. The maximum Gasteiger partial charge on any atom is 0.321 e. The maximum absolute atomic E-state index is 11.4. The number of sulfone groups is 2. The van der Waals surface area contributed by atoms with E-state index >= 15 is 0 Å². The first-order valence-corrected chi connectivity index (χ1v) is 19.5. The van der Waals surface area contributed by atoms with E-state index in [4.69, 9.17) is 46.3 Å². The van der Waals surface area contributed by atoms with Crippen LogP contribution in [0.5, 0.6) is 0 Å². The molecule has 3 rings (SSSR count). The number of ether oxygens (including phenoxy) is 1. The van der Waals surface area contributed by atoms with Gasteiger partial charge in [-0.15, -0.1) is 0 Å². The number of nitrogens with one attached hydrogen (secondary N) is 1. The van der Waals surface area contributed by atoms with Gasteiger partial charge in [-0.05, 0) is 80.8 Å². The normalized spacial score (nSPS) is 12.7. The Hall–Kier alpha value is -2.71. The quantitative estimate of drug-likeness (QED) is 0.226. The van der Waals surface area contributed by atoms with Crippen molar-refractivity contribution in [3.63, 3.8) is 0 Å². The van der Waals surface area contributed by atoms with E-state index in [0.29, 0.717) is 5.02 Å². The van der Waals surface area contributed by atoms with Crippen LogP contribution in [0.1, 0.15) is 62.5 Å². The van der Waals surface area contributed by atoms with Crippen molar-refractivity contribution < 1.29 is 31.2 Å². The molecule has 3 aromatic rings. The highest BCUT2D eigenvalue weighted by atomic mass is 35.5.